The van der Waals surface area contributed by atoms with Gasteiger partial charge in [0.15, 0.2) is 6.10 Å². The van der Waals surface area contributed by atoms with Crippen LogP contribution in [0.4, 0.5) is 0 Å². The molecule has 0 amide bonds. The molecule has 292 valence electrons. The van der Waals surface area contributed by atoms with E-state index >= 15 is 0 Å². The Balaban J connectivity index is 4.45. The van der Waals surface area contributed by atoms with Crippen LogP contribution in [0.2, 0.25) is 0 Å². The van der Waals surface area contributed by atoms with Gasteiger partial charge in [0.05, 0.1) is 27.7 Å². The third-order valence-corrected chi connectivity index (χ3v) is 9.13. The zero-order chi connectivity index (χ0) is 37.2. The monoisotopic (exact) mass is 729 g/mol. The number of allylic oxidation sites excluding steroid dienone is 6. The number of ether oxygens (including phenoxy) is 2. The number of phosphoric acid groups is 1. The first-order valence-electron chi connectivity index (χ1n) is 19.7. The Morgan fingerprint density at radius 2 is 1.10 bits per heavy atom. The standard InChI is InChI=1S/C40H74NO8P/c1-6-8-10-12-14-16-18-19-20-21-23-24-26-28-30-32-39(42)46-36-38(37-48-50(44,45)47-35-34-41(3,4)5)49-40(43)33-31-29-27-25-22-17-15-13-11-9-7-2/h13-16,19-20,38H,6-12,17-18,21-37H2,1-5H3/p+1/b15-13+,16-14+,20-19+/t38-/m1/s1. The van der Waals surface area contributed by atoms with Crippen molar-refractivity contribution in [2.45, 2.75) is 161 Å². The van der Waals surface area contributed by atoms with Crippen molar-refractivity contribution in [3.63, 3.8) is 0 Å². The van der Waals surface area contributed by atoms with Crippen LogP contribution in [0.25, 0.3) is 0 Å². The highest BCUT2D eigenvalue weighted by molar-refractivity contribution is 7.47. The maximum absolute atomic E-state index is 12.6. The summed E-state index contributed by atoms with van der Waals surface area (Å²) in [6.07, 6.45) is 34.7. The maximum atomic E-state index is 12.6. The van der Waals surface area contributed by atoms with E-state index < -0.39 is 26.5 Å². The smallest absolute Gasteiger partial charge is 0.462 e. The normalized spacial score (nSPS) is 14.1. The number of likely N-dealkylation sites (N-methyl/N-ethyl adjacent to an activating group) is 1. The molecule has 0 aromatic heterocycles. The fourth-order valence-corrected chi connectivity index (χ4v) is 5.71. The van der Waals surface area contributed by atoms with Gasteiger partial charge in [-0.05, 0) is 64.2 Å². The van der Waals surface area contributed by atoms with E-state index in [1.807, 2.05) is 21.1 Å². The van der Waals surface area contributed by atoms with Gasteiger partial charge < -0.3 is 18.9 Å². The van der Waals surface area contributed by atoms with Crippen LogP contribution in [-0.4, -0.2) is 74.9 Å². The van der Waals surface area contributed by atoms with E-state index in [1.165, 1.54) is 38.5 Å². The molecular formula is C40H75NO8P+. The van der Waals surface area contributed by atoms with E-state index in [-0.39, 0.29) is 32.0 Å². The average Bonchev–Trinajstić information content (AvgIpc) is 3.06. The largest absolute Gasteiger partial charge is 0.472 e. The summed E-state index contributed by atoms with van der Waals surface area (Å²) in [4.78, 5) is 35.2. The Hall–Kier alpha value is -1.77. The van der Waals surface area contributed by atoms with Gasteiger partial charge in [-0.15, -0.1) is 0 Å². The molecule has 0 heterocycles. The number of phosphoric ester groups is 1. The van der Waals surface area contributed by atoms with E-state index in [0.717, 1.165) is 83.5 Å². The molecule has 9 nitrogen and oxygen atoms in total. The van der Waals surface area contributed by atoms with Gasteiger partial charge in [0.2, 0.25) is 0 Å². The minimum absolute atomic E-state index is 0.0272. The number of carbonyl (C=O) groups excluding carboxylic acids is 2. The lowest BCUT2D eigenvalue weighted by Crippen LogP contribution is -2.37. The number of esters is 2. The van der Waals surface area contributed by atoms with Crippen molar-refractivity contribution in [1.29, 1.82) is 0 Å². The van der Waals surface area contributed by atoms with Crippen molar-refractivity contribution in [3.8, 4) is 0 Å². The Morgan fingerprint density at radius 1 is 0.620 bits per heavy atom. The first-order valence-corrected chi connectivity index (χ1v) is 21.2. The lowest BCUT2D eigenvalue weighted by molar-refractivity contribution is -0.870. The molecule has 1 unspecified atom stereocenters. The second-order valence-electron chi connectivity index (χ2n) is 14.3. The molecule has 1 N–H and O–H groups in total. The molecule has 0 bridgehead atoms. The van der Waals surface area contributed by atoms with Crippen LogP contribution in [-0.2, 0) is 32.7 Å². The number of unbranched alkanes of at least 4 members (excludes halogenated alkanes) is 15. The summed E-state index contributed by atoms with van der Waals surface area (Å²) in [6.45, 7) is 4.31. The highest BCUT2D eigenvalue weighted by Gasteiger charge is 2.27. The topological polar surface area (TPSA) is 108 Å². The Labute approximate surface area is 306 Å². The lowest BCUT2D eigenvalue weighted by atomic mass is 10.1. The Kier molecular flexibility index (Phi) is 31.9. The first-order chi connectivity index (χ1) is 24.0. The minimum atomic E-state index is -4.37. The van der Waals surface area contributed by atoms with Crippen LogP contribution in [0.1, 0.15) is 155 Å². The van der Waals surface area contributed by atoms with Crippen LogP contribution in [0.3, 0.4) is 0 Å². The predicted molar refractivity (Wildman–Crippen MR) is 206 cm³/mol. The van der Waals surface area contributed by atoms with E-state index in [4.69, 9.17) is 18.5 Å². The Morgan fingerprint density at radius 3 is 1.66 bits per heavy atom. The van der Waals surface area contributed by atoms with E-state index in [0.29, 0.717) is 17.4 Å². The summed E-state index contributed by atoms with van der Waals surface area (Å²) in [6, 6.07) is 0. The summed E-state index contributed by atoms with van der Waals surface area (Å²) in [5, 5.41) is 0. The van der Waals surface area contributed by atoms with Crippen molar-refractivity contribution < 1.29 is 42.1 Å². The molecular weight excluding hydrogens is 653 g/mol. The predicted octanol–water partition coefficient (Wildman–Crippen LogP) is 10.6. The van der Waals surface area contributed by atoms with Crippen LogP contribution >= 0.6 is 7.82 Å². The minimum Gasteiger partial charge on any atom is -0.462 e. The van der Waals surface area contributed by atoms with Crippen LogP contribution in [0.5, 0.6) is 0 Å². The van der Waals surface area contributed by atoms with Crippen molar-refractivity contribution in [2.24, 2.45) is 0 Å². The second-order valence-corrected chi connectivity index (χ2v) is 15.8. The molecule has 0 saturated carbocycles. The molecule has 0 aromatic carbocycles. The molecule has 0 aliphatic heterocycles. The SMILES string of the molecule is CCCC/C=C/CCCCCCCC(=O)O[C@H](COC(=O)CCCCCCC/C=C/C/C=C/CCCCC)COP(=O)(O)OCC[N+](C)(C)C. The molecule has 10 heteroatoms. The van der Waals surface area contributed by atoms with Crippen LogP contribution < -0.4 is 0 Å². The molecule has 0 aliphatic carbocycles. The van der Waals surface area contributed by atoms with Crippen molar-refractivity contribution in [2.75, 3.05) is 47.5 Å². The highest BCUT2D eigenvalue weighted by Crippen LogP contribution is 2.43. The average molecular weight is 729 g/mol. The van der Waals surface area contributed by atoms with E-state index in [2.05, 4.69) is 50.3 Å². The van der Waals surface area contributed by atoms with Crippen LogP contribution in [0, 0.1) is 0 Å². The number of nitrogens with zero attached hydrogens (tertiary/aromatic N) is 1. The van der Waals surface area contributed by atoms with E-state index in [1.54, 1.807) is 0 Å². The maximum Gasteiger partial charge on any atom is 0.472 e. The molecule has 2 atom stereocenters. The number of rotatable bonds is 35. The quantitative estimate of drug-likeness (QED) is 0.0226. The van der Waals surface area contributed by atoms with Gasteiger partial charge in [0.1, 0.15) is 19.8 Å². The molecule has 0 aliphatic rings. The highest BCUT2D eigenvalue weighted by atomic mass is 31.2. The Bertz CT molecular complexity index is 959. The summed E-state index contributed by atoms with van der Waals surface area (Å²) in [5.41, 5.74) is 0. The lowest BCUT2D eigenvalue weighted by Gasteiger charge is -2.24. The third kappa shape index (κ3) is 36.0. The number of hydrogen-bond donors (Lipinski definition) is 1. The summed E-state index contributed by atoms with van der Waals surface area (Å²) in [5.74, 6) is -0.829. The fraction of sp³-hybridized carbons (Fsp3) is 0.800. The molecule has 0 aromatic rings. The number of quaternary nitrogens is 1. The molecule has 0 fully saturated rings. The van der Waals surface area contributed by atoms with Gasteiger partial charge in [-0.2, -0.15) is 0 Å². The van der Waals surface area contributed by atoms with Crippen molar-refractivity contribution in [3.05, 3.63) is 36.5 Å². The molecule has 0 saturated heterocycles. The third-order valence-electron chi connectivity index (χ3n) is 8.14. The summed E-state index contributed by atoms with van der Waals surface area (Å²) in [7, 11) is 1.46. The zero-order valence-electron chi connectivity index (χ0n) is 32.6. The first kappa shape index (κ1) is 48.2. The van der Waals surface area contributed by atoms with Gasteiger partial charge in [-0.3, -0.25) is 18.6 Å². The zero-order valence-corrected chi connectivity index (χ0v) is 33.5. The van der Waals surface area contributed by atoms with Gasteiger partial charge in [0, 0.05) is 12.8 Å². The summed E-state index contributed by atoms with van der Waals surface area (Å²) < 4.78 is 34.1. The van der Waals surface area contributed by atoms with Gasteiger partial charge in [-0.25, -0.2) is 4.57 Å². The van der Waals surface area contributed by atoms with Gasteiger partial charge in [-0.1, -0.05) is 115 Å². The fourth-order valence-electron chi connectivity index (χ4n) is 4.96. The van der Waals surface area contributed by atoms with Crippen LogP contribution in [0.15, 0.2) is 36.5 Å². The molecule has 50 heavy (non-hydrogen) atoms. The van der Waals surface area contributed by atoms with Gasteiger partial charge in [0.25, 0.3) is 0 Å². The second kappa shape index (κ2) is 33.1. The van der Waals surface area contributed by atoms with Gasteiger partial charge >= 0.3 is 19.8 Å². The van der Waals surface area contributed by atoms with Crippen molar-refractivity contribution in [1.82, 2.24) is 0 Å². The molecule has 0 radical (unpaired) electrons. The number of carbonyl (C=O) groups is 2. The van der Waals surface area contributed by atoms with E-state index in [9.17, 15) is 19.0 Å². The van der Waals surface area contributed by atoms with Crippen molar-refractivity contribution >= 4 is 19.8 Å². The summed E-state index contributed by atoms with van der Waals surface area (Å²) >= 11 is 0. The number of hydrogen-bond acceptors (Lipinski definition) is 7. The molecule has 0 rings (SSSR count). The molecule has 0 spiro atoms.